The molecule has 1 unspecified atom stereocenters. The molecule has 1 heterocycles. The van der Waals surface area contributed by atoms with Gasteiger partial charge in [-0.2, -0.15) is 0 Å². The van der Waals surface area contributed by atoms with E-state index >= 15 is 0 Å². The predicted octanol–water partition coefficient (Wildman–Crippen LogP) is 4.64. The normalized spacial score (nSPS) is 19.8. The number of benzene rings is 2. The minimum atomic E-state index is -0.750. The van der Waals surface area contributed by atoms with E-state index in [1.54, 1.807) is 27.4 Å². The number of nitrogens with zero attached hydrogens (tertiary/aromatic N) is 1. The molecule has 0 fully saturated rings. The zero-order chi connectivity index (χ0) is 24.2. The van der Waals surface area contributed by atoms with Crippen LogP contribution in [0.5, 0.6) is 17.2 Å². The second-order valence-corrected chi connectivity index (χ2v) is 8.38. The molecule has 0 bridgehead atoms. The second-order valence-electron chi connectivity index (χ2n) is 8.38. The molecule has 0 spiro atoms. The molecule has 1 aliphatic carbocycles. The Morgan fingerprint density at radius 1 is 1.00 bits per heavy atom. The third-order valence-electron chi connectivity index (χ3n) is 6.40. The standard InChI is InChI=1S/C27H29NO6/c1-16-23(27(30)34-15-17-11-13-18(31-2)14-12-17)24(25-20(28-16)8-6-9-21(25)29)19-7-5-10-22(32-3)26(19)33-4/h5,7,10-14,23-24H,6,8-9,15H2,1-4H3/t23?,24-/m0/s1. The summed E-state index contributed by atoms with van der Waals surface area (Å²) >= 11 is 0. The van der Waals surface area contributed by atoms with E-state index in [4.69, 9.17) is 23.9 Å². The summed E-state index contributed by atoms with van der Waals surface area (Å²) in [7, 11) is 4.72. The second kappa shape index (κ2) is 10.1. The van der Waals surface area contributed by atoms with E-state index in [0.29, 0.717) is 41.2 Å². The van der Waals surface area contributed by atoms with E-state index in [1.165, 1.54) is 0 Å². The van der Waals surface area contributed by atoms with Gasteiger partial charge in [-0.25, -0.2) is 0 Å². The maximum atomic E-state index is 13.5. The number of carbonyl (C=O) groups is 2. The Balaban J connectivity index is 1.73. The molecule has 2 aromatic rings. The molecule has 2 aromatic carbocycles. The van der Waals surface area contributed by atoms with Crippen molar-refractivity contribution in [2.75, 3.05) is 21.3 Å². The lowest BCUT2D eigenvalue weighted by atomic mass is 9.71. The average molecular weight is 464 g/mol. The van der Waals surface area contributed by atoms with Crippen molar-refractivity contribution < 1.29 is 28.5 Å². The highest BCUT2D eigenvalue weighted by atomic mass is 16.5. The quantitative estimate of drug-likeness (QED) is 0.557. The fourth-order valence-corrected chi connectivity index (χ4v) is 4.77. The topological polar surface area (TPSA) is 83.4 Å². The SMILES string of the molecule is COc1ccc(COC(=O)C2C(C)=NC3=C(C(=O)CCC3)[C@H]2c2cccc(OC)c2OC)cc1. The minimum Gasteiger partial charge on any atom is -0.497 e. The molecule has 0 radical (unpaired) electrons. The Morgan fingerprint density at radius 2 is 1.76 bits per heavy atom. The van der Waals surface area contributed by atoms with E-state index in [0.717, 1.165) is 23.4 Å². The number of allylic oxidation sites excluding steroid dienone is 2. The largest absolute Gasteiger partial charge is 0.497 e. The molecule has 0 N–H and O–H groups in total. The molecule has 7 heteroatoms. The summed E-state index contributed by atoms with van der Waals surface area (Å²) in [6.07, 6.45) is 1.89. The highest BCUT2D eigenvalue weighted by molar-refractivity contribution is 6.09. The minimum absolute atomic E-state index is 0.0142. The summed E-state index contributed by atoms with van der Waals surface area (Å²) in [5, 5.41) is 0. The van der Waals surface area contributed by atoms with Crippen molar-refractivity contribution in [3.05, 3.63) is 64.9 Å². The first kappa shape index (κ1) is 23.5. The average Bonchev–Trinajstić information content (AvgIpc) is 2.86. The summed E-state index contributed by atoms with van der Waals surface area (Å²) in [5.74, 6) is 0.0376. The van der Waals surface area contributed by atoms with Crippen LogP contribution in [0.2, 0.25) is 0 Å². The zero-order valence-electron chi connectivity index (χ0n) is 19.9. The van der Waals surface area contributed by atoms with Crippen LogP contribution in [0, 0.1) is 5.92 Å². The molecule has 0 amide bonds. The van der Waals surface area contributed by atoms with E-state index in [9.17, 15) is 9.59 Å². The first-order valence-electron chi connectivity index (χ1n) is 11.3. The number of rotatable bonds is 7. The van der Waals surface area contributed by atoms with Crippen molar-refractivity contribution >= 4 is 17.5 Å². The number of hydrogen-bond acceptors (Lipinski definition) is 7. The monoisotopic (exact) mass is 463 g/mol. The van der Waals surface area contributed by atoms with Gasteiger partial charge in [0.05, 0.1) is 21.3 Å². The third kappa shape index (κ3) is 4.42. The van der Waals surface area contributed by atoms with Crippen LogP contribution in [-0.4, -0.2) is 38.8 Å². The van der Waals surface area contributed by atoms with E-state index in [-0.39, 0.29) is 12.4 Å². The number of ether oxygens (including phenoxy) is 4. The number of hydrogen-bond donors (Lipinski definition) is 0. The van der Waals surface area contributed by atoms with Gasteiger partial charge in [-0.1, -0.05) is 24.3 Å². The number of Topliss-reactive ketones (excluding diaryl/α,β-unsaturated/α-hetero) is 1. The van der Waals surface area contributed by atoms with E-state index in [1.807, 2.05) is 43.3 Å². The van der Waals surface area contributed by atoms with Crippen LogP contribution in [0.15, 0.2) is 58.7 Å². The molecule has 34 heavy (non-hydrogen) atoms. The zero-order valence-corrected chi connectivity index (χ0v) is 19.9. The predicted molar refractivity (Wildman–Crippen MR) is 128 cm³/mol. The van der Waals surface area contributed by atoms with Gasteiger partial charge in [0, 0.05) is 34.9 Å². The van der Waals surface area contributed by atoms with Crippen molar-refractivity contribution in [1.82, 2.24) is 0 Å². The van der Waals surface area contributed by atoms with Gasteiger partial charge in [-0.3, -0.25) is 14.6 Å². The maximum absolute atomic E-state index is 13.5. The lowest BCUT2D eigenvalue weighted by Crippen LogP contribution is -2.37. The highest BCUT2D eigenvalue weighted by Crippen LogP contribution is 2.48. The lowest BCUT2D eigenvalue weighted by molar-refractivity contribution is -0.148. The van der Waals surface area contributed by atoms with Gasteiger partial charge in [-0.15, -0.1) is 0 Å². The highest BCUT2D eigenvalue weighted by Gasteiger charge is 2.44. The Bertz CT molecular complexity index is 1150. The third-order valence-corrected chi connectivity index (χ3v) is 6.40. The van der Waals surface area contributed by atoms with Crippen LogP contribution in [0.3, 0.4) is 0 Å². The Labute approximate surface area is 199 Å². The summed E-state index contributed by atoms with van der Waals surface area (Å²) in [4.78, 5) is 31.3. The van der Waals surface area contributed by atoms with E-state index < -0.39 is 17.8 Å². The van der Waals surface area contributed by atoms with Crippen LogP contribution in [-0.2, 0) is 20.9 Å². The molecular formula is C27H29NO6. The molecule has 178 valence electrons. The summed E-state index contributed by atoms with van der Waals surface area (Å²) < 4.78 is 22.1. The van der Waals surface area contributed by atoms with Gasteiger partial charge in [0.1, 0.15) is 18.3 Å². The molecule has 2 aliphatic rings. The number of carbonyl (C=O) groups excluding carboxylic acids is 2. The van der Waals surface area contributed by atoms with Gasteiger partial charge in [-0.05, 0) is 43.5 Å². The van der Waals surface area contributed by atoms with Crippen molar-refractivity contribution in [1.29, 1.82) is 0 Å². The molecule has 1 aliphatic heterocycles. The Kier molecular flexibility index (Phi) is 7.01. The smallest absolute Gasteiger partial charge is 0.315 e. The molecule has 0 aromatic heterocycles. The molecular weight excluding hydrogens is 434 g/mol. The molecule has 0 saturated carbocycles. The number of ketones is 1. The van der Waals surface area contributed by atoms with Gasteiger partial charge in [0.15, 0.2) is 17.3 Å². The van der Waals surface area contributed by atoms with Crippen LogP contribution in [0.4, 0.5) is 0 Å². The van der Waals surface area contributed by atoms with E-state index in [2.05, 4.69) is 0 Å². The summed E-state index contributed by atoms with van der Waals surface area (Å²) in [5.41, 5.74) is 3.51. The fraction of sp³-hybridized carbons (Fsp3) is 0.370. The number of methoxy groups -OCH3 is 3. The molecule has 7 nitrogen and oxygen atoms in total. The number of para-hydroxylation sites is 1. The van der Waals surface area contributed by atoms with Gasteiger partial charge in [0.2, 0.25) is 0 Å². The van der Waals surface area contributed by atoms with Crippen LogP contribution in [0.1, 0.15) is 43.2 Å². The first-order valence-corrected chi connectivity index (χ1v) is 11.3. The Morgan fingerprint density at radius 3 is 2.44 bits per heavy atom. The van der Waals surface area contributed by atoms with Gasteiger partial charge in [0.25, 0.3) is 0 Å². The van der Waals surface area contributed by atoms with Crippen molar-refractivity contribution in [3.8, 4) is 17.2 Å². The first-order chi connectivity index (χ1) is 16.5. The van der Waals surface area contributed by atoms with Crippen molar-refractivity contribution in [2.24, 2.45) is 10.9 Å². The maximum Gasteiger partial charge on any atom is 0.315 e. The molecule has 2 atom stereocenters. The van der Waals surface area contributed by atoms with Gasteiger partial charge >= 0.3 is 5.97 Å². The Hall–Kier alpha value is -3.61. The summed E-state index contributed by atoms with van der Waals surface area (Å²) in [6.45, 7) is 1.93. The fourth-order valence-electron chi connectivity index (χ4n) is 4.77. The lowest BCUT2D eigenvalue weighted by Gasteiger charge is -2.35. The summed E-state index contributed by atoms with van der Waals surface area (Å²) in [6, 6.07) is 12.8. The van der Waals surface area contributed by atoms with Gasteiger partial charge < -0.3 is 18.9 Å². The van der Waals surface area contributed by atoms with Crippen molar-refractivity contribution in [3.63, 3.8) is 0 Å². The van der Waals surface area contributed by atoms with Crippen LogP contribution in [0.25, 0.3) is 0 Å². The molecule has 4 rings (SSSR count). The number of esters is 1. The molecule has 0 saturated heterocycles. The van der Waals surface area contributed by atoms with Crippen LogP contribution < -0.4 is 14.2 Å². The van der Waals surface area contributed by atoms with Crippen molar-refractivity contribution in [2.45, 2.75) is 38.7 Å². The van der Waals surface area contributed by atoms with Crippen LogP contribution >= 0.6 is 0 Å². The number of aliphatic imine (C=N–C) groups is 1.